The Labute approximate surface area is 153 Å². The molecule has 0 spiro atoms. The van der Waals surface area contributed by atoms with Crippen LogP contribution in [-0.2, 0) is 9.53 Å². The molecule has 0 unspecified atom stereocenters. The summed E-state index contributed by atoms with van der Waals surface area (Å²) in [5.74, 6) is -1.54. The topological polar surface area (TPSA) is 122 Å². The number of hydrogen-bond donors (Lipinski definition) is 1. The van der Waals surface area contributed by atoms with Crippen LogP contribution >= 0.6 is 11.6 Å². The molecule has 26 heavy (non-hydrogen) atoms. The number of carbonyl (C=O) groups excluding carboxylic acids is 2. The highest BCUT2D eigenvalue weighted by molar-refractivity contribution is 6.33. The standard InChI is InChI=1S/C17H12ClN3O5/c1-10(16(22)20-15-5-3-2-4-11(15)9-19)26-17(23)13-7-6-12(21(24)25)8-14(13)18/h2-8,10H,1H3,(H,20,22)/t10-/m0/s1. The van der Waals surface area contributed by atoms with E-state index in [2.05, 4.69) is 5.32 Å². The third-order valence-electron chi connectivity index (χ3n) is 3.34. The van der Waals surface area contributed by atoms with Crippen molar-refractivity contribution in [2.24, 2.45) is 0 Å². The lowest BCUT2D eigenvalue weighted by molar-refractivity contribution is -0.384. The quantitative estimate of drug-likeness (QED) is 0.487. The summed E-state index contributed by atoms with van der Waals surface area (Å²) < 4.78 is 5.04. The van der Waals surface area contributed by atoms with E-state index in [0.29, 0.717) is 0 Å². The molecule has 0 saturated heterocycles. The number of rotatable bonds is 5. The minimum atomic E-state index is -1.18. The van der Waals surface area contributed by atoms with Crippen molar-refractivity contribution < 1.29 is 19.2 Å². The molecular weight excluding hydrogens is 362 g/mol. The number of para-hydroxylation sites is 1. The molecule has 0 heterocycles. The van der Waals surface area contributed by atoms with Crippen molar-refractivity contribution in [3.8, 4) is 6.07 Å². The van der Waals surface area contributed by atoms with Gasteiger partial charge in [-0.3, -0.25) is 14.9 Å². The monoisotopic (exact) mass is 373 g/mol. The summed E-state index contributed by atoms with van der Waals surface area (Å²) in [6.07, 6.45) is -1.18. The lowest BCUT2D eigenvalue weighted by Crippen LogP contribution is -2.30. The highest BCUT2D eigenvalue weighted by Gasteiger charge is 2.22. The number of carbonyl (C=O) groups is 2. The van der Waals surface area contributed by atoms with E-state index in [4.69, 9.17) is 21.6 Å². The first-order chi connectivity index (χ1) is 12.3. The van der Waals surface area contributed by atoms with Gasteiger partial charge < -0.3 is 10.1 Å². The van der Waals surface area contributed by atoms with E-state index >= 15 is 0 Å². The van der Waals surface area contributed by atoms with Crippen molar-refractivity contribution in [2.45, 2.75) is 13.0 Å². The van der Waals surface area contributed by atoms with Crippen LogP contribution in [0, 0.1) is 21.4 Å². The molecule has 0 radical (unpaired) electrons. The van der Waals surface area contributed by atoms with E-state index in [1.807, 2.05) is 6.07 Å². The van der Waals surface area contributed by atoms with Gasteiger partial charge in [0.2, 0.25) is 0 Å². The molecule has 2 aromatic carbocycles. The van der Waals surface area contributed by atoms with E-state index < -0.39 is 22.9 Å². The van der Waals surface area contributed by atoms with Gasteiger partial charge in [0.1, 0.15) is 6.07 Å². The summed E-state index contributed by atoms with van der Waals surface area (Å²) in [7, 11) is 0. The number of nitrogens with one attached hydrogen (secondary N) is 1. The van der Waals surface area contributed by atoms with Gasteiger partial charge in [-0.25, -0.2) is 4.79 Å². The fourth-order valence-electron chi connectivity index (χ4n) is 1.98. The number of hydrogen-bond acceptors (Lipinski definition) is 6. The zero-order valence-electron chi connectivity index (χ0n) is 13.4. The van der Waals surface area contributed by atoms with Gasteiger partial charge in [-0.2, -0.15) is 5.26 Å². The first-order valence-corrected chi connectivity index (χ1v) is 7.66. The number of amides is 1. The van der Waals surface area contributed by atoms with Gasteiger partial charge in [0, 0.05) is 12.1 Å². The maximum atomic E-state index is 12.2. The summed E-state index contributed by atoms with van der Waals surface area (Å²) in [6.45, 7) is 1.35. The molecule has 1 N–H and O–H groups in total. The summed E-state index contributed by atoms with van der Waals surface area (Å²) in [5, 5.41) is 22.0. The molecule has 0 bridgehead atoms. The van der Waals surface area contributed by atoms with Gasteiger partial charge in [0.05, 0.1) is 26.8 Å². The second-order valence-corrected chi connectivity index (χ2v) is 5.52. The molecule has 2 rings (SSSR count). The van der Waals surface area contributed by atoms with Gasteiger partial charge in [0.15, 0.2) is 6.10 Å². The van der Waals surface area contributed by atoms with Crippen molar-refractivity contribution in [1.29, 1.82) is 5.26 Å². The highest BCUT2D eigenvalue weighted by atomic mass is 35.5. The first-order valence-electron chi connectivity index (χ1n) is 7.28. The molecule has 0 aliphatic heterocycles. The Kier molecular flexibility index (Phi) is 5.88. The van der Waals surface area contributed by atoms with Crippen molar-refractivity contribution in [2.75, 3.05) is 5.32 Å². The number of halogens is 1. The maximum absolute atomic E-state index is 12.2. The van der Waals surface area contributed by atoms with Crippen molar-refractivity contribution >= 4 is 34.9 Å². The van der Waals surface area contributed by atoms with Crippen LogP contribution in [0.2, 0.25) is 5.02 Å². The van der Waals surface area contributed by atoms with Crippen LogP contribution in [0.5, 0.6) is 0 Å². The zero-order valence-corrected chi connectivity index (χ0v) is 14.2. The van der Waals surface area contributed by atoms with E-state index in [1.165, 1.54) is 19.1 Å². The van der Waals surface area contributed by atoms with Gasteiger partial charge >= 0.3 is 5.97 Å². The van der Waals surface area contributed by atoms with Crippen LogP contribution in [0.15, 0.2) is 42.5 Å². The smallest absolute Gasteiger partial charge is 0.340 e. The molecule has 0 aromatic heterocycles. The van der Waals surface area contributed by atoms with Crippen LogP contribution in [0.25, 0.3) is 0 Å². The summed E-state index contributed by atoms with van der Waals surface area (Å²) in [5.41, 5.74) is 0.175. The van der Waals surface area contributed by atoms with Gasteiger partial charge in [0.25, 0.3) is 11.6 Å². The zero-order chi connectivity index (χ0) is 19.3. The van der Waals surface area contributed by atoms with E-state index in [-0.39, 0.29) is 27.5 Å². The maximum Gasteiger partial charge on any atom is 0.340 e. The van der Waals surface area contributed by atoms with E-state index in [0.717, 1.165) is 18.2 Å². The number of nitriles is 1. The van der Waals surface area contributed by atoms with Crippen molar-refractivity contribution in [1.82, 2.24) is 0 Å². The van der Waals surface area contributed by atoms with Crippen LogP contribution in [0.4, 0.5) is 11.4 Å². The van der Waals surface area contributed by atoms with Crippen LogP contribution in [-0.4, -0.2) is 22.9 Å². The molecule has 132 valence electrons. The van der Waals surface area contributed by atoms with Crippen LogP contribution < -0.4 is 5.32 Å². The molecular formula is C17H12ClN3O5. The molecule has 0 aliphatic rings. The summed E-state index contributed by atoms with van der Waals surface area (Å²) >= 11 is 5.86. The Bertz CT molecular complexity index is 923. The third-order valence-corrected chi connectivity index (χ3v) is 3.65. The van der Waals surface area contributed by atoms with Gasteiger partial charge in [-0.15, -0.1) is 0 Å². The number of non-ortho nitro benzene ring substituents is 1. The van der Waals surface area contributed by atoms with Crippen molar-refractivity contribution in [3.05, 3.63) is 68.7 Å². The van der Waals surface area contributed by atoms with Crippen molar-refractivity contribution in [3.63, 3.8) is 0 Å². The number of esters is 1. The number of benzene rings is 2. The molecule has 8 nitrogen and oxygen atoms in total. The molecule has 9 heteroatoms. The fraction of sp³-hybridized carbons (Fsp3) is 0.118. The number of ether oxygens (including phenoxy) is 1. The highest BCUT2D eigenvalue weighted by Crippen LogP contribution is 2.23. The molecule has 0 aliphatic carbocycles. The second kappa shape index (κ2) is 8.09. The van der Waals surface area contributed by atoms with Crippen LogP contribution in [0.3, 0.4) is 0 Å². The first kappa shape index (κ1) is 18.9. The lowest BCUT2D eigenvalue weighted by Gasteiger charge is -2.14. The fourth-order valence-corrected chi connectivity index (χ4v) is 2.24. The summed E-state index contributed by atoms with van der Waals surface area (Å²) in [6, 6.07) is 11.6. The minimum absolute atomic E-state index is 0.102. The predicted molar refractivity (Wildman–Crippen MR) is 92.8 cm³/mol. The Hall–Kier alpha value is -3.44. The Morgan fingerprint density at radius 2 is 2.00 bits per heavy atom. The average Bonchev–Trinajstić information content (AvgIpc) is 2.61. The van der Waals surface area contributed by atoms with E-state index in [9.17, 15) is 19.7 Å². The molecule has 1 atom stereocenters. The SMILES string of the molecule is C[C@H](OC(=O)c1ccc([N+](=O)[O-])cc1Cl)C(=O)Nc1ccccc1C#N. The Balaban J connectivity index is 2.08. The predicted octanol–water partition coefficient (Wildman–Crippen LogP) is 3.30. The average molecular weight is 374 g/mol. The molecule has 0 saturated carbocycles. The normalized spacial score (nSPS) is 11.1. The number of anilines is 1. The number of nitro groups is 1. The number of nitro benzene ring substituents is 1. The van der Waals surface area contributed by atoms with E-state index in [1.54, 1.807) is 12.1 Å². The molecule has 2 aromatic rings. The molecule has 1 amide bonds. The Morgan fingerprint density at radius 1 is 1.31 bits per heavy atom. The van der Waals surface area contributed by atoms with Gasteiger partial charge in [-0.05, 0) is 25.1 Å². The summed E-state index contributed by atoms with van der Waals surface area (Å²) in [4.78, 5) is 34.3. The second-order valence-electron chi connectivity index (χ2n) is 5.12. The third kappa shape index (κ3) is 4.34. The van der Waals surface area contributed by atoms with Crippen LogP contribution in [0.1, 0.15) is 22.8 Å². The minimum Gasteiger partial charge on any atom is -0.449 e. The largest absolute Gasteiger partial charge is 0.449 e. The Morgan fingerprint density at radius 3 is 2.62 bits per heavy atom. The van der Waals surface area contributed by atoms with Gasteiger partial charge in [-0.1, -0.05) is 23.7 Å². The molecule has 0 fully saturated rings. The lowest BCUT2D eigenvalue weighted by atomic mass is 10.2. The number of nitrogens with zero attached hydrogens (tertiary/aromatic N) is 2.